The average molecular weight is 230 g/mol. The van der Waals surface area contributed by atoms with Crippen molar-refractivity contribution in [2.75, 3.05) is 6.54 Å². The third kappa shape index (κ3) is 2.71. The fourth-order valence-corrected chi connectivity index (χ4v) is 1.89. The molecule has 90 valence electrons. The number of nitrogens with zero attached hydrogens (tertiary/aromatic N) is 3. The van der Waals surface area contributed by atoms with Crippen LogP contribution in [0.4, 0.5) is 0 Å². The van der Waals surface area contributed by atoms with Crippen LogP contribution in [0.2, 0.25) is 0 Å². The van der Waals surface area contributed by atoms with Gasteiger partial charge in [-0.1, -0.05) is 29.0 Å². The van der Waals surface area contributed by atoms with Crippen molar-refractivity contribution in [3.05, 3.63) is 35.5 Å². The summed E-state index contributed by atoms with van der Waals surface area (Å²) >= 11 is 0. The molecule has 4 nitrogen and oxygen atoms in total. The Morgan fingerprint density at radius 2 is 2.12 bits per heavy atom. The molecule has 0 saturated carbocycles. The molecule has 0 bridgehead atoms. The number of aromatic nitrogens is 3. The maximum Gasteiger partial charge on any atom is 0.113 e. The Bertz CT molecular complexity index is 502. The van der Waals surface area contributed by atoms with Gasteiger partial charge in [-0.05, 0) is 32.4 Å². The van der Waals surface area contributed by atoms with Gasteiger partial charge in [0.05, 0.1) is 6.20 Å². The zero-order chi connectivity index (χ0) is 12.3. The van der Waals surface area contributed by atoms with Gasteiger partial charge in [0.2, 0.25) is 0 Å². The van der Waals surface area contributed by atoms with Gasteiger partial charge in [-0.3, -0.25) is 4.68 Å². The second kappa shape index (κ2) is 5.10. The van der Waals surface area contributed by atoms with Crippen LogP contribution < -0.4 is 5.73 Å². The van der Waals surface area contributed by atoms with Gasteiger partial charge in [0, 0.05) is 12.1 Å². The van der Waals surface area contributed by atoms with Crippen LogP contribution in [-0.2, 0) is 6.54 Å². The molecule has 2 rings (SSSR count). The fraction of sp³-hybridized carbons (Fsp3) is 0.385. The average Bonchev–Trinajstić information content (AvgIpc) is 2.75. The number of benzene rings is 1. The first kappa shape index (κ1) is 11.8. The maximum absolute atomic E-state index is 5.47. The van der Waals surface area contributed by atoms with E-state index in [1.807, 2.05) is 10.9 Å². The van der Waals surface area contributed by atoms with Crippen LogP contribution >= 0.6 is 0 Å². The monoisotopic (exact) mass is 230 g/mol. The van der Waals surface area contributed by atoms with E-state index < -0.39 is 0 Å². The van der Waals surface area contributed by atoms with Crippen LogP contribution in [0.15, 0.2) is 24.4 Å². The molecular formula is C13H18N4. The molecule has 0 atom stereocenters. The molecule has 0 aliphatic heterocycles. The van der Waals surface area contributed by atoms with E-state index >= 15 is 0 Å². The molecule has 1 aromatic heterocycles. The van der Waals surface area contributed by atoms with Crippen molar-refractivity contribution in [3.8, 4) is 11.3 Å². The number of rotatable bonds is 4. The van der Waals surface area contributed by atoms with Gasteiger partial charge in [-0.2, -0.15) is 0 Å². The van der Waals surface area contributed by atoms with Crippen molar-refractivity contribution < 1.29 is 0 Å². The summed E-state index contributed by atoms with van der Waals surface area (Å²) in [5, 5.41) is 8.31. The predicted octanol–water partition coefficient (Wildman–Crippen LogP) is 1.91. The molecule has 2 N–H and O–H groups in total. The Morgan fingerprint density at radius 3 is 2.82 bits per heavy atom. The zero-order valence-corrected chi connectivity index (χ0v) is 10.3. The molecule has 0 amide bonds. The molecule has 2 aromatic rings. The van der Waals surface area contributed by atoms with Crippen LogP contribution in [0.1, 0.15) is 17.5 Å². The van der Waals surface area contributed by atoms with Gasteiger partial charge < -0.3 is 5.73 Å². The highest BCUT2D eigenvalue weighted by Crippen LogP contribution is 2.21. The largest absolute Gasteiger partial charge is 0.330 e. The number of hydrogen-bond donors (Lipinski definition) is 1. The SMILES string of the molecule is Cc1ccc(-c2cn(CCCN)nn2)c(C)c1. The van der Waals surface area contributed by atoms with Gasteiger partial charge >= 0.3 is 0 Å². The summed E-state index contributed by atoms with van der Waals surface area (Å²) in [4.78, 5) is 0. The van der Waals surface area contributed by atoms with E-state index in [0.717, 1.165) is 24.2 Å². The van der Waals surface area contributed by atoms with Crippen molar-refractivity contribution in [2.45, 2.75) is 26.8 Å². The van der Waals surface area contributed by atoms with Gasteiger partial charge in [-0.25, -0.2) is 0 Å². The van der Waals surface area contributed by atoms with Crippen LogP contribution in [0.25, 0.3) is 11.3 Å². The lowest BCUT2D eigenvalue weighted by molar-refractivity contribution is 0.564. The van der Waals surface area contributed by atoms with E-state index in [4.69, 9.17) is 5.73 Å². The summed E-state index contributed by atoms with van der Waals surface area (Å²) in [7, 11) is 0. The van der Waals surface area contributed by atoms with E-state index in [0.29, 0.717) is 6.54 Å². The first-order valence-electron chi connectivity index (χ1n) is 5.88. The normalized spacial score (nSPS) is 10.8. The minimum atomic E-state index is 0.679. The zero-order valence-electron chi connectivity index (χ0n) is 10.3. The van der Waals surface area contributed by atoms with Crippen molar-refractivity contribution in [1.82, 2.24) is 15.0 Å². The standard InChI is InChI=1S/C13H18N4/c1-10-4-5-12(11(2)8-10)13-9-17(16-15-13)7-3-6-14/h4-5,8-9H,3,6-7,14H2,1-2H3. The van der Waals surface area contributed by atoms with Gasteiger partial charge in [0.1, 0.15) is 5.69 Å². The molecule has 0 aliphatic rings. The molecule has 0 fully saturated rings. The summed E-state index contributed by atoms with van der Waals surface area (Å²) in [5.74, 6) is 0. The summed E-state index contributed by atoms with van der Waals surface area (Å²) in [6.07, 6.45) is 2.91. The lowest BCUT2D eigenvalue weighted by atomic mass is 10.0. The van der Waals surface area contributed by atoms with E-state index in [2.05, 4.69) is 42.4 Å². The Labute approximate surface area is 101 Å². The highest BCUT2D eigenvalue weighted by molar-refractivity contribution is 5.62. The van der Waals surface area contributed by atoms with Gasteiger partial charge in [0.25, 0.3) is 0 Å². The molecule has 17 heavy (non-hydrogen) atoms. The molecule has 0 aliphatic carbocycles. The lowest BCUT2D eigenvalue weighted by Crippen LogP contribution is -2.06. The van der Waals surface area contributed by atoms with Crippen LogP contribution in [0.5, 0.6) is 0 Å². The van der Waals surface area contributed by atoms with Crippen LogP contribution in [0, 0.1) is 13.8 Å². The molecule has 0 spiro atoms. The molecule has 0 saturated heterocycles. The quantitative estimate of drug-likeness (QED) is 0.873. The van der Waals surface area contributed by atoms with E-state index in [1.54, 1.807) is 0 Å². The van der Waals surface area contributed by atoms with Crippen molar-refractivity contribution in [2.24, 2.45) is 5.73 Å². The summed E-state index contributed by atoms with van der Waals surface area (Å²) in [6.45, 7) is 5.70. The second-order valence-electron chi connectivity index (χ2n) is 4.33. The fourth-order valence-electron chi connectivity index (χ4n) is 1.89. The summed E-state index contributed by atoms with van der Waals surface area (Å²) < 4.78 is 1.85. The molecule has 1 aromatic carbocycles. The van der Waals surface area contributed by atoms with E-state index in [1.165, 1.54) is 11.1 Å². The van der Waals surface area contributed by atoms with Crippen molar-refractivity contribution in [1.29, 1.82) is 0 Å². The molecule has 0 unspecified atom stereocenters. The van der Waals surface area contributed by atoms with Gasteiger partial charge in [0.15, 0.2) is 0 Å². The van der Waals surface area contributed by atoms with Gasteiger partial charge in [-0.15, -0.1) is 5.10 Å². The number of aryl methyl sites for hydroxylation is 3. The minimum Gasteiger partial charge on any atom is -0.330 e. The maximum atomic E-state index is 5.47. The molecule has 1 heterocycles. The van der Waals surface area contributed by atoms with Crippen molar-refractivity contribution >= 4 is 0 Å². The van der Waals surface area contributed by atoms with E-state index in [9.17, 15) is 0 Å². The summed E-state index contributed by atoms with van der Waals surface area (Å²) in [5.41, 5.74) is 10.0. The Kier molecular flexibility index (Phi) is 3.54. The summed E-state index contributed by atoms with van der Waals surface area (Å²) in [6, 6.07) is 6.36. The smallest absolute Gasteiger partial charge is 0.113 e. The van der Waals surface area contributed by atoms with Crippen LogP contribution in [0.3, 0.4) is 0 Å². The van der Waals surface area contributed by atoms with E-state index in [-0.39, 0.29) is 0 Å². The Morgan fingerprint density at radius 1 is 1.29 bits per heavy atom. The molecular weight excluding hydrogens is 212 g/mol. The first-order valence-corrected chi connectivity index (χ1v) is 5.88. The highest BCUT2D eigenvalue weighted by atomic mass is 15.4. The second-order valence-corrected chi connectivity index (χ2v) is 4.33. The first-order chi connectivity index (χ1) is 8.20. The lowest BCUT2D eigenvalue weighted by Gasteiger charge is -2.02. The number of nitrogens with two attached hydrogens (primary N) is 1. The highest BCUT2D eigenvalue weighted by Gasteiger charge is 2.06. The Hall–Kier alpha value is -1.68. The number of hydrogen-bond acceptors (Lipinski definition) is 3. The Balaban J connectivity index is 2.24. The van der Waals surface area contributed by atoms with Crippen LogP contribution in [-0.4, -0.2) is 21.5 Å². The molecule has 4 heteroatoms. The topological polar surface area (TPSA) is 56.7 Å². The predicted molar refractivity (Wildman–Crippen MR) is 68.6 cm³/mol. The third-order valence-corrected chi connectivity index (χ3v) is 2.79. The van der Waals surface area contributed by atoms with Crippen molar-refractivity contribution in [3.63, 3.8) is 0 Å². The molecule has 0 radical (unpaired) electrons. The minimum absolute atomic E-state index is 0.679. The third-order valence-electron chi connectivity index (χ3n) is 2.79.